The molecule has 0 radical (unpaired) electrons. The Morgan fingerprint density at radius 2 is 2.00 bits per heavy atom. The van der Waals surface area contributed by atoms with E-state index in [1.165, 1.54) is 0 Å². The number of carbonyl (C=O) groups is 1. The number of fused-ring (bicyclic) bond motifs is 2. The van der Waals surface area contributed by atoms with Gasteiger partial charge in [0.25, 0.3) is 0 Å². The first-order chi connectivity index (χ1) is 9.16. The first kappa shape index (κ1) is 11.7. The summed E-state index contributed by atoms with van der Waals surface area (Å²) < 4.78 is 5.67. The van der Waals surface area contributed by atoms with Gasteiger partial charge in [0.1, 0.15) is 18.5 Å². The summed E-state index contributed by atoms with van der Waals surface area (Å²) in [7, 11) is 0. The van der Waals surface area contributed by atoms with E-state index in [0.717, 1.165) is 11.1 Å². The number of rotatable bonds is 1. The molecule has 0 saturated carbocycles. The van der Waals surface area contributed by atoms with Gasteiger partial charge >= 0.3 is 0 Å². The van der Waals surface area contributed by atoms with E-state index in [1.54, 1.807) is 18.2 Å². The Morgan fingerprint density at radius 3 is 2.79 bits per heavy atom. The molecule has 0 bridgehead atoms. The summed E-state index contributed by atoms with van der Waals surface area (Å²) in [6, 6.07) is 12.4. The normalized spacial score (nSPS) is 16.8. The Labute approximate surface area is 110 Å². The average Bonchev–Trinajstić information content (AvgIpc) is 2.57. The third kappa shape index (κ3) is 1.96. The minimum atomic E-state index is -0.812. The van der Waals surface area contributed by atoms with Crippen LogP contribution >= 0.6 is 0 Å². The molecule has 1 aliphatic rings. The van der Waals surface area contributed by atoms with Gasteiger partial charge < -0.3 is 15.6 Å². The van der Waals surface area contributed by atoms with Crippen LogP contribution in [0, 0.1) is 0 Å². The van der Waals surface area contributed by atoms with Crippen LogP contribution in [0.3, 0.4) is 0 Å². The second-order valence-corrected chi connectivity index (χ2v) is 4.51. The van der Waals surface area contributed by atoms with Crippen molar-refractivity contribution in [3.8, 4) is 5.75 Å². The number of hydrogen-bond acceptors (Lipinski definition) is 3. The number of aliphatic hydroxyl groups excluding tert-OH is 1. The molecule has 3 rings (SSSR count). The molecule has 4 heteroatoms. The van der Waals surface area contributed by atoms with Crippen LogP contribution in [-0.2, 0) is 6.61 Å². The number of ether oxygens (including phenoxy) is 1. The quantitative estimate of drug-likeness (QED) is 0.815. The molecule has 96 valence electrons. The molecule has 0 aromatic heterocycles. The number of hydrogen-bond donors (Lipinski definition) is 2. The molecule has 1 heterocycles. The highest BCUT2D eigenvalue weighted by Crippen LogP contribution is 2.36. The molecule has 0 fully saturated rings. The summed E-state index contributed by atoms with van der Waals surface area (Å²) in [5.41, 5.74) is 7.93. The Kier molecular flexibility index (Phi) is 2.72. The molecule has 1 atom stereocenters. The fourth-order valence-electron chi connectivity index (χ4n) is 2.30. The molecule has 0 aliphatic carbocycles. The molecule has 3 N–H and O–H groups in total. The Balaban J connectivity index is 2.15. The maximum atomic E-state index is 11.2. The van der Waals surface area contributed by atoms with Gasteiger partial charge in [-0.3, -0.25) is 4.79 Å². The Bertz CT molecular complexity index is 652. The van der Waals surface area contributed by atoms with E-state index in [0.29, 0.717) is 23.5 Å². The van der Waals surface area contributed by atoms with Crippen LogP contribution in [0.25, 0.3) is 0 Å². The van der Waals surface area contributed by atoms with E-state index < -0.39 is 12.0 Å². The average molecular weight is 255 g/mol. The van der Waals surface area contributed by atoms with Crippen LogP contribution in [0.2, 0.25) is 0 Å². The van der Waals surface area contributed by atoms with Crippen LogP contribution in [0.1, 0.15) is 33.2 Å². The molecular weight excluding hydrogens is 242 g/mol. The smallest absolute Gasteiger partial charge is 0.248 e. The van der Waals surface area contributed by atoms with Crippen molar-refractivity contribution in [3.63, 3.8) is 0 Å². The lowest BCUT2D eigenvalue weighted by Gasteiger charge is -2.13. The second kappa shape index (κ2) is 4.40. The number of nitrogens with two attached hydrogens (primary N) is 1. The standard InChI is InChI=1S/C15H13NO3/c16-15(18)9-5-6-13-12(7-9)14(17)11-4-2-1-3-10(11)8-19-13/h1-7,14,17H,8H2,(H2,16,18). The minimum absolute atomic E-state index is 0.362. The number of carbonyl (C=O) groups excluding carboxylic acids is 1. The van der Waals surface area contributed by atoms with Gasteiger partial charge in [0.05, 0.1) is 0 Å². The predicted octanol–water partition coefficient (Wildman–Crippen LogP) is 1.76. The van der Waals surface area contributed by atoms with E-state index in [4.69, 9.17) is 10.5 Å². The summed E-state index contributed by atoms with van der Waals surface area (Å²) in [6.45, 7) is 0.399. The molecule has 0 saturated heterocycles. The molecule has 1 aliphatic heterocycles. The van der Waals surface area contributed by atoms with Crippen LogP contribution in [0.15, 0.2) is 42.5 Å². The minimum Gasteiger partial charge on any atom is -0.488 e. The van der Waals surface area contributed by atoms with Crippen molar-refractivity contribution in [1.82, 2.24) is 0 Å². The lowest BCUT2D eigenvalue weighted by atomic mass is 9.96. The van der Waals surface area contributed by atoms with E-state index in [1.807, 2.05) is 24.3 Å². The van der Waals surface area contributed by atoms with Crippen molar-refractivity contribution in [2.45, 2.75) is 12.7 Å². The summed E-state index contributed by atoms with van der Waals surface area (Å²) in [4.78, 5) is 11.2. The van der Waals surface area contributed by atoms with Gasteiger partial charge in [-0.1, -0.05) is 24.3 Å². The fraction of sp³-hybridized carbons (Fsp3) is 0.133. The SMILES string of the molecule is NC(=O)c1ccc2c(c1)C(O)c1ccccc1CO2. The maximum Gasteiger partial charge on any atom is 0.248 e. The van der Waals surface area contributed by atoms with Crippen molar-refractivity contribution in [3.05, 3.63) is 64.7 Å². The van der Waals surface area contributed by atoms with Crippen molar-refractivity contribution in [1.29, 1.82) is 0 Å². The van der Waals surface area contributed by atoms with Crippen molar-refractivity contribution in [2.75, 3.05) is 0 Å². The number of aliphatic hydroxyl groups is 1. The second-order valence-electron chi connectivity index (χ2n) is 4.51. The van der Waals surface area contributed by atoms with Crippen molar-refractivity contribution >= 4 is 5.91 Å². The van der Waals surface area contributed by atoms with Gasteiger partial charge in [-0.25, -0.2) is 0 Å². The predicted molar refractivity (Wildman–Crippen MR) is 69.8 cm³/mol. The molecule has 19 heavy (non-hydrogen) atoms. The number of primary amides is 1. The molecular formula is C15H13NO3. The third-order valence-corrected chi connectivity index (χ3v) is 3.32. The zero-order chi connectivity index (χ0) is 13.4. The van der Waals surface area contributed by atoms with Crippen LogP contribution < -0.4 is 10.5 Å². The van der Waals surface area contributed by atoms with E-state index >= 15 is 0 Å². The summed E-state index contributed by atoms with van der Waals surface area (Å²) in [5, 5.41) is 10.5. The van der Waals surface area contributed by atoms with Gasteiger partial charge in [-0.05, 0) is 29.3 Å². The summed E-state index contributed by atoms with van der Waals surface area (Å²) in [5.74, 6) is 0.0567. The monoisotopic (exact) mass is 255 g/mol. The van der Waals surface area contributed by atoms with Crippen molar-refractivity contribution < 1.29 is 14.6 Å². The first-order valence-corrected chi connectivity index (χ1v) is 5.99. The molecule has 4 nitrogen and oxygen atoms in total. The number of amides is 1. The van der Waals surface area contributed by atoms with E-state index in [9.17, 15) is 9.90 Å². The number of benzene rings is 2. The molecule has 0 spiro atoms. The maximum absolute atomic E-state index is 11.2. The lowest BCUT2D eigenvalue weighted by Crippen LogP contribution is -2.12. The van der Waals surface area contributed by atoms with Gasteiger partial charge in [0, 0.05) is 11.1 Å². The highest BCUT2D eigenvalue weighted by atomic mass is 16.5. The molecule has 1 unspecified atom stereocenters. The Morgan fingerprint density at radius 1 is 1.21 bits per heavy atom. The van der Waals surface area contributed by atoms with Crippen LogP contribution in [0.5, 0.6) is 5.75 Å². The fourth-order valence-corrected chi connectivity index (χ4v) is 2.30. The third-order valence-electron chi connectivity index (χ3n) is 3.32. The summed E-state index contributed by atoms with van der Waals surface area (Å²) in [6.07, 6.45) is -0.812. The van der Waals surface area contributed by atoms with Gasteiger partial charge in [0.2, 0.25) is 5.91 Å². The molecule has 1 amide bonds. The van der Waals surface area contributed by atoms with E-state index in [2.05, 4.69) is 0 Å². The topological polar surface area (TPSA) is 72.6 Å². The summed E-state index contributed by atoms with van der Waals surface area (Å²) >= 11 is 0. The highest BCUT2D eigenvalue weighted by Gasteiger charge is 2.23. The van der Waals surface area contributed by atoms with Crippen molar-refractivity contribution in [2.24, 2.45) is 5.73 Å². The van der Waals surface area contributed by atoms with E-state index in [-0.39, 0.29) is 0 Å². The molecule has 2 aromatic carbocycles. The lowest BCUT2D eigenvalue weighted by molar-refractivity contribution is 0.1000. The van der Waals surface area contributed by atoms with Gasteiger partial charge in [-0.2, -0.15) is 0 Å². The highest BCUT2D eigenvalue weighted by molar-refractivity contribution is 5.93. The largest absolute Gasteiger partial charge is 0.488 e. The zero-order valence-corrected chi connectivity index (χ0v) is 10.2. The zero-order valence-electron chi connectivity index (χ0n) is 10.2. The Hall–Kier alpha value is -2.33. The van der Waals surface area contributed by atoms with Crippen LogP contribution in [0.4, 0.5) is 0 Å². The van der Waals surface area contributed by atoms with Crippen LogP contribution in [-0.4, -0.2) is 11.0 Å². The van der Waals surface area contributed by atoms with Gasteiger partial charge in [-0.15, -0.1) is 0 Å². The first-order valence-electron chi connectivity index (χ1n) is 5.99. The molecule has 2 aromatic rings. The van der Waals surface area contributed by atoms with Gasteiger partial charge in [0.15, 0.2) is 0 Å².